The number of rotatable bonds is 2. The minimum Gasteiger partial charge on any atom is -0.508 e. The first-order valence-electron chi connectivity index (χ1n) is 6.26. The Hall–Kier alpha value is -1.22. The molecule has 0 radical (unpaired) electrons. The van der Waals surface area contributed by atoms with E-state index in [4.69, 9.17) is 4.74 Å². The van der Waals surface area contributed by atoms with Crippen molar-refractivity contribution in [1.29, 1.82) is 0 Å². The average Bonchev–Trinajstić information content (AvgIpc) is 2.22. The molecule has 2 atom stereocenters. The fourth-order valence-electron chi connectivity index (χ4n) is 2.50. The highest BCUT2D eigenvalue weighted by atomic mass is 16.5. The lowest BCUT2D eigenvalue weighted by Gasteiger charge is -2.33. The molecule has 2 rings (SSSR count). The Morgan fingerprint density at radius 1 is 1.24 bits per heavy atom. The Labute approximate surface area is 103 Å². The molecule has 0 amide bonds. The number of ether oxygens (including phenoxy) is 1. The molecule has 0 aliphatic carbocycles. The number of benzene rings is 1. The van der Waals surface area contributed by atoms with Crippen molar-refractivity contribution in [2.45, 2.75) is 51.9 Å². The van der Waals surface area contributed by atoms with Gasteiger partial charge in [-0.1, -0.05) is 0 Å². The van der Waals surface area contributed by atoms with Gasteiger partial charge in [-0.3, -0.25) is 0 Å². The molecule has 1 aromatic carbocycles. The second-order valence-electron chi connectivity index (χ2n) is 5.07. The Bertz CT molecular complexity index is 382. The summed E-state index contributed by atoms with van der Waals surface area (Å²) in [6, 6.07) is 6.11. The maximum absolute atomic E-state index is 9.49. The van der Waals surface area contributed by atoms with E-state index in [1.807, 2.05) is 19.1 Å². The number of nitrogens with one attached hydrogen (secondary N) is 1. The Balaban J connectivity index is 2.02. The number of hydrogen-bond donors (Lipinski definition) is 2. The summed E-state index contributed by atoms with van der Waals surface area (Å²) in [5.74, 6) is 0.351. The summed E-state index contributed by atoms with van der Waals surface area (Å²) in [6.45, 7) is 6.15. The molecular formula is C14H21NO2. The van der Waals surface area contributed by atoms with Gasteiger partial charge in [0.25, 0.3) is 0 Å². The number of anilines is 1. The van der Waals surface area contributed by atoms with Gasteiger partial charge in [0.2, 0.25) is 0 Å². The first-order chi connectivity index (χ1) is 8.04. The van der Waals surface area contributed by atoms with E-state index in [-0.39, 0.29) is 0 Å². The second-order valence-corrected chi connectivity index (χ2v) is 5.07. The van der Waals surface area contributed by atoms with Gasteiger partial charge in [0.05, 0.1) is 12.2 Å². The zero-order chi connectivity index (χ0) is 12.4. The smallest absolute Gasteiger partial charge is 0.118 e. The summed E-state index contributed by atoms with van der Waals surface area (Å²) in [6.07, 6.45) is 2.69. The topological polar surface area (TPSA) is 41.5 Å². The summed E-state index contributed by atoms with van der Waals surface area (Å²) in [7, 11) is 0. The predicted octanol–water partition coefficient (Wildman–Crippen LogP) is 3.07. The van der Waals surface area contributed by atoms with E-state index in [0.29, 0.717) is 24.0 Å². The van der Waals surface area contributed by atoms with Crippen LogP contribution in [-0.2, 0) is 4.74 Å². The Morgan fingerprint density at radius 2 is 1.88 bits per heavy atom. The van der Waals surface area contributed by atoms with Crippen molar-refractivity contribution in [3.63, 3.8) is 0 Å². The van der Waals surface area contributed by atoms with Gasteiger partial charge < -0.3 is 15.2 Å². The first-order valence-corrected chi connectivity index (χ1v) is 6.26. The van der Waals surface area contributed by atoms with Crippen molar-refractivity contribution in [2.75, 3.05) is 5.32 Å². The molecule has 0 bridgehead atoms. The van der Waals surface area contributed by atoms with Crippen LogP contribution in [0.5, 0.6) is 5.75 Å². The average molecular weight is 235 g/mol. The van der Waals surface area contributed by atoms with E-state index in [0.717, 1.165) is 24.1 Å². The van der Waals surface area contributed by atoms with E-state index in [1.54, 1.807) is 6.07 Å². The van der Waals surface area contributed by atoms with Crippen LogP contribution in [0.2, 0.25) is 0 Å². The van der Waals surface area contributed by atoms with Gasteiger partial charge in [0.1, 0.15) is 5.75 Å². The monoisotopic (exact) mass is 235 g/mol. The third kappa shape index (κ3) is 3.13. The van der Waals surface area contributed by atoms with Crippen molar-refractivity contribution < 1.29 is 9.84 Å². The first kappa shape index (κ1) is 12.2. The highest BCUT2D eigenvalue weighted by molar-refractivity contribution is 5.50. The second kappa shape index (κ2) is 4.96. The van der Waals surface area contributed by atoms with Gasteiger partial charge in [-0.25, -0.2) is 0 Å². The largest absolute Gasteiger partial charge is 0.508 e. The standard InChI is InChI=1S/C14H21NO2/c1-9-6-12(4-5-14(9)16)15-13-7-10(2)17-11(3)8-13/h4-6,10-11,13,15-16H,7-8H2,1-3H3. The molecule has 17 heavy (non-hydrogen) atoms. The van der Waals surface area contributed by atoms with Crippen LogP contribution < -0.4 is 5.32 Å². The highest BCUT2D eigenvalue weighted by Crippen LogP contribution is 2.25. The van der Waals surface area contributed by atoms with Crippen molar-refractivity contribution >= 4 is 5.69 Å². The van der Waals surface area contributed by atoms with Gasteiger partial charge in [-0.05, 0) is 57.4 Å². The molecule has 94 valence electrons. The zero-order valence-corrected chi connectivity index (χ0v) is 10.7. The number of hydrogen-bond acceptors (Lipinski definition) is 3. The summed E-state index contributed by atoms with van der Waals surface area (Å²) in [4.78, 5) is 0. The molecule has 2 N–H and O–H groups in total. The molecule has 2 unspecified atom stereocenters. The number of phenols is 1. The Morgan fingerprint density at radius 3 is 2.47 bits per heavy atom. The zero-order valence-electron chi connectivity index (χ0n) is 10.7. The molecule has 1 aromatic rings. The molecule has 1 aliphatic rings. The van der Waals surface area contributed by atoms with Gasteiger partial charge in [-0.15, -0.1) is 0 Å². The molecule has 3 nitrogen and oxygen atoms in total. The van der Waals surface area contributed by atoms with Crippen LogP contribution in [0.15, 0.2) is 18.2 Å². The van der Waals surface area contributed by atoms with Gasteiger partial charge in [0, 0.05) is 11.7 Å². The third-order valence-electron chi connectivity index (χ3n) is 3.27. The molecule has 1 heterocycles. The van der Waals surface area contributed by atoms with Crippen molar-refractivity contribution in [2.24, 2.45) is 0 Å². The van der Waals surface area contributed by atoms with Gasteiger partial charge >= 0.3 is 0 Å². The highest BCUT2D eigenvalue weighted by Gasteiger charge is 2.24. The van der Waals surface area contributed by atoms with Crippen LogP contribution in [0.3, 0.4) is 0 Å². The summed E-state index contributed by atoms with van der Waals surface area (Å²) >= 11 is 0. The lowest BCUT2D eigenvalue weighted by Crippen LogP contribution is -2.36. The number of aryl methyl sites for hydroxylation is 1. The number of aromatic hydroxyl groups is 1. The van der Waals surface area contributed by atoms with E-state index in [2.05, 4.69) is 19.2 Å². The molecule has 3 heteroatoms. The van der Waals surface area contributed by atoms with E-state index in [9.17, 15) is 5.11 Å². The summed E-state index contributed by atoms with van der Waals surface area (Å²) < 4.78 is 5.72. The van der Waals surface area contributed by atoms with Crippen LogP contribution in [-0.4, -0.2) is 23.4 Å². The van der Waals surface area contributed by atoms with Crippen LogP contribution in [0.4, 0.5) is 5.69 Å². The normalized spacial score (nSPS) is 29.0. The number of phenolic OH excluding ortho intramolecular Hbond substituents is 1. The lowest BCUT2D eigenvalue weighted by molar-refractivity contribution is -0.0337. The quantitative estimate of drug-likeness (QED) is 0.774. The minimum absolute atomic E-state index is 0.314. The minimum atomic E-state index is 0.314. The summed E-state index contributed by atoms with van der Waals surface area (Å²) in [5.41, 5.74) is 1.98. The maximum Gasteiger partial charge on any atom is 0.118 e. The molecule has 1 aliphatic heterocycles. The van der Waals surface area contributed by atoms with Crippen molar-refractivity contribution in [1.82, 2.24) is 0 Å². The maximum atomic E-state index is 9.49. The SMILES string of the molecule is Cc1cc(NC2CC(C)OC(C)C2)ccc1O. The molecule has 0 aromatic heterocycles. The Kier molecular flexibility index (Phi) is 3.57. The lowest BCUT2D eigenvalue weighted by atomic mass is 9.99. The van der Waals surface area contributed by atoms with Crippen LogP contribution in [0, 0.1) is 6.92 Å². The predicted molar refractivity (Wildman–Crippen MR) is 69.5 cm³/mol. The van der Waals surface area contributed by atoms with E-state index in [1.165, 1.54) is 0 Å². The molecule has 0 spiro atoms. The van der Waals surface area contributed by atoms with Crippen LogP contribution in [0.1, 0.15) is 32.3 Å². The molecule has 0 saturated carbocycles. The molecule has 1 saturated heterocycles. The fraction of sp³-hybridized carbons (Fsp3) is 0.571. The van der Waals surface area contributed by atoms with Crippen LogP contribution >= 0.6 is 0 Å². The fourth-order valence-corrected chi connectivity index (χ4v) is 2.50. The molecular weight excluding hydrogens is 214 g/mol. The summed E-state index contributed by atoms with van der Waals surface area (Å²) in [5, 5.41) is 13.0. The van der Waals surface area contributed by atoms with E-state index < -0.39 is 0 Å². The van der Waals surface area contributed by atoms with Crippen molar-refractivity contribution in [3.8, 4) is 5.75 Å². The van der Waals surface area contributed by atoms with Gasteiger partial charge in [0.15, 0.2) is 0 Å². The van der Waals surface area contributed by atoms with E-state index >= 15 is 0 Å². The van der Waals surface area contributed by atoms with Gasteiger partial charge in [-0.2, -0.15) is 0 Å². The molecule has 1 fully saturated rings. The van der Waals surface area contributed by atoms with Crippen molar-refractivity contribution in [3.05, 3.63) is 23.8 Å². The van der Waals surface area contributed by atoms with Crippen LogP contribution in [0.25, 0.3) is 0 Å². The third-order valence-corrected chi connectivity index (χ3v) is 3.27.